The largest absolute Gasteiger partial charge is 0.489 e. The van der Waals surface area contributed by atoms with Gasteiger partial charge in [0.15, 0.2) is 0 Å². The molecule has 0 radical (unpaired) electrons. The molecule has 3 aromatic carbocycles. The van der Waals surface area contributed by atoms with Gasteiger partial charge >= 0.3 is 0 Å². The first-order chi connectivity index (χ1) is 19.0. The van der Waals surface area contributed by atoms with Crippen LogP contribution < -0.4 is 21.1 Å². The van der Waals surface area contributed by atoms with E-state index in [-0.39, 0.29) is 12.8 Å². The number of hydrogen-bond acceptors (Lipinski definition) is 4. The lowest BCUT2D eigenvalue weighted by atomic mass is 9.86. The fraction of sp³-hybridized carbons (Fsp3) is 0.394. The van der Waals surface area contributed by atoms with Crippen LogP contribution in [0.3, 0.4) is 0 Å². The number of halogens is 1. The number of allylic oxidation sites excluding steroid dienone is 1. The number of rotatable bonds is 9. The Morgan fingerprint density at radius 3 is 2.62 bits per heavy atom. The zero-order chi connectivity index (χ0) is 27.4. The molecule has 6 heteroatoms. The Hall–Kier alpha value is -2.88. The molecule has 1 fully saturated rings. The first kappa shape index (κ1) is 27.7. The van der Waals surface area contributed by atoms with E-state index in [0.29, 0.717) is 6.42 Å². The predicted octanol–water partition coefficient (Wildman–Crippen LogP) is 6.62. The van der Waals surface area contributed by atoms with Gasteiger partial charge in [0.05, 0.1) is 6.67 Å². The van der Waals surface area contributed by atoms with Gasteiger partial charge in [0.25, 0.3) is 0 Å². The van der Waals surface area contributed by atoms with Crippen LogP contribution in [0, 0.1) is 6.92 Å². The number of fused-ring (bicyclic) bond motifs is 1. The molecule has 0 amide bonds. The molecule has 4 nitrogen and oxygen atoms in total. The van der Waals surface area contributed by atoms with Gasteiger partial charge in [-0.25, -0.2) is 0 Å². The lowest BCUT2D eigenvalue weighted by Crippen LogP contribution is -2.26. The SMILES string of the molecule is CCNc1ccc(C2=C(c3ccc(OC4CCN(CCCF)C4)cc3)c3ccc(N)c(P)c3CCC2)c(C)c1. The molecule has 2 unspecified atom stereocenters. The summed E-state index contributed by atoms with van der Waals surface area (Å²) >= 11 is 0. The van der Waals surface area contributed by atoms with Crippen LogP contribution in [-0.2, 0) is 6.42 Å². The number of benzene rings is 3. The number of nitrogens with zero attached hydrogens (tertiary/aromatic N) is 1. The summed E-state index contributed by atoms with van der Waals surface area (Å²) < 4.78 is 18.9. The fourth-order valence-electron chi connectivity index (χ4n) is 6.10. The Bertz CT molecular complexity index is 1340. The van der Waals surface area contributed by atoms with Crippen molar-refractivity contribution in [3.05, 3.63) is 82.4 Å². The monoisotopic (exact) mass is 545 g/mol. The highest BCUT2D eigenvalue weighted by atomic mass is 31.0. The summed E-state index contributed by atoms with van der Waals surface area (Å²) in [6.45, 7) is 7.64. The molecule has 206 valence electrons. The highest BCUT2D eigenvalue weighted by Crippen LogP contribution is 2.42. The van der Waals surface area contributed by atoms with Crippen molar-refractivity contribution >= 4 is 37.1 Å². The second-order valence-electron chi connectivity index (χ2n) is 10.8. The summed E-state index contributed by atoms with van der Waals surface area (Å²) in [5.41, 5.74) is 17.4. The molecule has 1 heterocycles. The molecule has 0 aromatic heterocycles. The quantitative estimate of drug-likeness (QED) is 0.235. The van der Waals surface area contributed by atoms with Crippen molar-refractivity contribution in [2.24, 2.45) is 0 Å². The van der Waals surface area contributed by atoms with Crippen LogP contribution >= 0.6 is 9.24 Å². The van der Waals surface area contributed by atoms with Crippen LogP contribution in [0.1, 0.15) is 60.4 Å². The number of nitrogen functional groups attached to an aromatic ring is 1. The van der Waals surface area contributed by atoms with Crippen molar-refractivity contribution in [3.63, 3.8) is 0 Å². The molecule has 39 heavy (non-hydrogen) atoms. The highest BCUT2D eigenvalue weighted by molar-refractivity contribution is 7.28. The van der Waals surface area contributed by atoms with E-state index in [1.165, 1.54) is 39.0 Å². The fourth-order valence-corrected chi connectivity index (χ4v) is 6.50. The summed E-state index contributed by atoms with van der Waals surface area (Å²) in [6.07, 6.45) is 4.82. The standard InChI is InChI=1S/C33H41FN3OP/c1-3-36-24-10-13-27(22(2)20-24)28-6-4-7-30-29(14-15-31(35)33(30)39)32(28)23-8-11-25(12-9-23)38-26-16-19-37(21-26)18-5-17-34/h8-15,20,26,36H,3-7,16-19,21,35,39H2,1-2H3. The number of nitrogens with two attached hydrogens (primary N) is 1. The van der Waals surface area contributed by atoms with Gasteiger partial charge in [-0.1, -0.05) is 24.3 Å². The minimum absolute atomic E-state index is 0.157. The molecule has 1 aliphatic heterocycles. The molecule has 1 saturated heterocycles. The van der Waals surface area contributed by atoms with Crippen molar-refractivity contribution in [1.82, 2.24) is 4.90 Å². The van der Waals surface area contributed by atoms with Gasteiger partial charge in [-0.15, -0.1) is 9.24 Å². The smallest absolute Gasteiger partial charge is 0.119 e. The van der Waals surface area contributed by atoms with Crippen molar-refractivity contribution in [2.45, 2.75) is 52.1 Å². The number of hydrogen-bond donors (Lipinski definition) is 2. The zero-order valence-corrected chi connectivity index (χ0v) is 24.4. The number of likely N-dealkylation sites (tertiary alicyclic amines) is 1. The summed E-state index contributed by atoms with van der Waals surface area (Å²) in [7, 11) is 2.89. The van der Waals surface area contributed by atoms with Crippen LogP contribution in [-0.4, -0.2) is 43.9 Å². The summed E-state index contributed by atoms with van der Waals surface area (Å²) in [5.74, 6) is 0.891. The molecular formula is C33H41FN3OP. The Balaban J connectivity index is 1.51. The maximum absolute atomic E-state index is 12.6. The molecule has 2 aliphatic rings. The maximum atomic E-state index is 12.6. The molecule has 3 aromatic rings. The van der Waals surface area contributed by atoms with Crippen molar-refractivity contribution in [1.29, 1.82) is 0 Å². The maximum Gasteiger partial charge on any atom is 0.119 e. The molecular weight excluding hydrogens is 504 g/mol. The summed E-state index contributed by atoms with van der Waals surface area (Å²) in [5, 5.41) is 4.56. The molecule has 0 spiro atoms. The van der Waals surface area contributed by atoms with Crippen LogP contribution in [0.2, 0.25) is 0 Å². The molecule has 0 bridgehead atoms. The normalized spacial score (nSPS) is 17.7. The van der Waals surface area contributed by atoms with E-state index < -0.39 is 0 Å². The second kappa shape index (κ2) is 12.5. The predicted molar refractivity (Wildman–Crippen MR) is 167 cm³/mol. The number of ether oxygens (including phenoxy) is 1. The lowest BCUT2D eigenvalue weighted by molar-refractivity contribution is 0.198. The van der Waals surface area contributed by atoms with Crippen LogP contribution in [0.4, 0.5) is 15.8 Å². The van der Waals surface area contributed by atoms with E-state index in [9.17, 15) is 4.39 Å². The van der Waals surface area contributed by atoms with E-state index in [2.05, 4.69) is 81.8 Å². The van der Waals surface area contributed by atoms with Crippen LogP contribution in [0.25, 0.3) is 11.1 Å². The number of anilines is 2. The third-order valence-corrected chi connectivity index (χ3v) is 8.71. The van der Waals surface area contributed by atoms with Crippen LogP contribution in [0.5, 0.6) is 5.75 Å². The Kier molecular flexibility index (Phi) is 8.89. The lowest BCUT2D eigenvalue weighted by Gasteiger charge is -2.20. The van der Waals surface area contributed by atoms with E-state index in [4.69, 9.17) is 10.5 Å². The van der Waals surface area contributed by atoms with Gasteiger partial charge in [0.1, 0.15) is 11.9 Å². The molecule has 1 aliphatic carbocycles. The average molecular weight is 546 g/mol. The van der Waals surface area contributed by atoms with E-state index in [1.807, 2.05) is 6.07 Å². The number of alkyl halides is 1. The van der Waals surface area contributed by atoms with Crippen LogP contribution in [0.15, 0.2) is 54.6 Å². The number of aryl methyl sites for hydroxylation is 1. The van der Waals surface area contributed by atoms with Gasteiger partial charge in [0.2, 0.25) is 0 Å². The number of nitrogens with one attached hydrogen (secondary N) is 1. The summed E-state index contributed by atoms with van der Waals surface area (Å²) in [6, 6.07) is 19.6. The highest BCUT2D eigenvalue weighted by Gasteiger charge is 2.25. The molecule has 3 N–H and O–H groups in total. The molecule has 0 saturated carbocycles. The van der Waals surface area contributed by atoms with Crippen molar-refractivity contribution in [2.75, 3.05) is 43.9 Å². The van der Waals surface area contributed by atoms with E-state index in [1.54, 1.807) is 0 Å². The third-order valence-electron chi connectivity index (χ3n) is 8.03. The second-order valence-corrected chi connectivity index (χ2v) is 11.3. The Morgan fingerprint density at radius 2 is 1.87 bits per heavy atom. The molecule has 5 rings (SSSR count). The minimum atomic E-state index is -0.255. The topological polar surface area (TPSA) is 50.5 Å². The van der Waals surface area contributed by atoms with E-state index >= 15 is 0 Å². The Labute approximate surface area is 235 Å². The van der Waals surface area contributed by atoms with Gasteiger partial charge in [-0.2, -0.15) is 0 Å². The van der Waals surface area contributed by atoms with Crippen molar-refractivity contribution < 1.29 is 9.13 Å². The van der Waals surface area contributed by atoms with E-state index in [0.717, 1.165) is 74.3 Å². The molecule has 2 atom stereocenters. The minimum Gasteiger partial charge on any atom is -0.489 e. The van der Waals surface area contributed by atoms with Gasteiger partial charge < -0.3 is 15.8 Å². The Morgan fingerprint density at radius 1 is 1.08 bits per heavy atom. The first-order valence-corrected chi connectivity index (χ1v) is 14.9. The van der Waals surface area contributed by atoms with Gasteiger partial charge in [0, 0.05) is 37.6 Å². The average Bonchev–Trinajstić information content (AvgIpc) is 3.29. The van der Waals surface area contributed by atoms with Crippen molar-refractivity contribution in [3.8, 4) is 5.75 Å². The summed E-state index contributed by atoms with van der Waals surface area (Å²) in [4.78, 5) is 2.30. The first-order valence-electron chi connectivity index (χ1n) is 14.3. The zero-order valence-electron chi connectivity index (χ0n) is 23.2. The third kappa shape index (κ3) is 6.15. The van der Waals surface area contributed by atoms with Gasteiger partial charge in [-0.05, 0) is 121 Å². The van der Waals surface area contributed by atoms with Gasteiger partial charge in [-0.3, -0.25) is 9.29 Å².